The van der Waals surface area contributed by atoms with Gasteiger partial charge in [0.25, 0.3) is 0 Å². The predicted molar refractivity (Wildman–Crippen MR) is 96.1 cm³/mol. The molecule has 0 amide bonds. The maximum atomic E-state index is 5.71. The van der Waals surface area contributed by atoms with Gasteiger partial charge in [-0.1, -0.05) is 42.1 Å². The number of rotatable bonds is 9. The lowest BCUT2D eigenvalue weighted by Crippen LogP contribution is -2.15. The second kappa shape index (κ2) is 11.8. The molecule has 116 valence electrons. The van der Waals surface area contributed by atoms with Crippen molar-refractivity contribution in [3.05, 3.63) is 26.6 Å². The molecule has 0 unspecified atom stereocenters. The van der Waals surface area contributed by atoms with Crippen LogP contribution in [0.3, 0.4) is 0 Å². The van der Waals surface area contributed by atoms with Gasteiger partial charge in [0.1, 0.15) is 5.75 Å². The lowest BCUT2D eigenvalue weighted by Gasteiger charge is -2.13. The molecule has 1 N–H and O–H groups in total. The van der Waals surface area contributed by atoms with Crippen molar-refractivity contribution in [1.29, 1.82) is 0 Å². The zero-order valence-electron chi connectivity index (χ0n) is 12.2. The molecule has 1 aromatic rings. The normalized spacial score (nSPS) is 10.2. The molecule has 5 heteroatoms. The Morgan fingerprint density at radius 3 is 2.50 bits per heavy atom. The second-order valence-electron chi connectivity index (χ2n) is 4.55. The van der Waals surface area contributed by atoms with E-state index in [1.54, 1.807) is 0 Å². The number of hydrogen-bond donors (Lipinski definition) is 1. The summed E-state index contributed by atoms with van der Waals surface area (Å²) in [6, 6.07) is 4.14. The Kier molecular flexibility index (Phi) is 12.0. The first-order valence-corrected chi connectivity index (χ1v) is 8.59. The molecule has 20 heavy (non-hydrogen) atoms. The highest BCUT2D eigenvalue weighted by atomic mass is 79.9. The van der Waals surface area contributed by atoms with Crippen LogP contribution in [0.1, 0.15) is 45.1 Å². The summed E-state index contributed by atoms with van der Waals surface area (Å²) < 4.78 is 7.79. The number of hydrogen-bond acceptors (Lipinski definition) is 2. The highest BCUT2D eigenvalue weighted by molar-refractivity contribution is 9.11. The van der Waals surface area contributed by atoms with Gasteiger partial charge in [0, 0.05) is 16.6 Å². The molecule has 0 saturated heterocycles. The average molecular weight is 430 g/mol. The van der Waals surface area contributed by atoms with Crippen molar-refractivity contribution in [3.8, 4) is 5.75 Å². The SMILES string of the molecule is CCCCCCNCc1cc(Br)cc(Br)c1OCC.Cl. The van der Waals surface area contributed by atoms with E-state index in [2.05, 4.69) is 50.2 Å². The minimum Gasteiger partial charge on any atom is -0.492 e. The molecular weight excluding hydrogens is 405 g/mol. The summed E-state index contributed by atoms with van der Waals surface area (Å²) in [6.45, 7) is 6.84. The van der Waals surface area contributed by atoms with E-state index in [9.17, 15) is 0 Å². The molecule has 0 atom stereocenters. The molecule has 0 fully saturated rings. The van der Waals surface area contributed by atoms with Crippen LogP contribution >= 0.6 is 44.3 Å². The fraction of sp³-hybridized carbons (Fsp3) is 0.600. The smallest absolute Gasteiger partial charge is 0.138 e. The van der Waals surface area contributed by atoms with Gasteiger partial charge < -0.3 is 10.1 Å². The van der Waals surface area contributed by atoms with Crippen molar-refractivity contribution in [1.82, 2.24) is 5.32 Å². The molecule has 1 aromatic carbocycles. The molecule has 0 bridgehead atoms. The zero-order chi connectivity index (χ0) is 14.1. The van der Waals surface area contributed by atoms with Crippen molar-refractivity contribution in [2.24, 2.45) is 0 Å². The Labute approximate surface area is 145 Å². The third kappa shape index (κ3) is 7.30. The van der Waals surface area contributed by atoms with Crippen molar-refractivity contribution in [3.63, 3.8) is 0 Å². The molecule has 0 saturated carbocycles. The van der Waals surface area contributed by atoms with Crippen LogP contribution in [-0.2, 0) is 6.54 Å². The van der Waals surface area contributed by atoms with E-state index in [1.165, 1.54) is 31.2 Å². The van der Waals surface area contributed by atoms with E-state index < -0.39 is 0 Å². The first kappa shape index (κ1) is 20.2. The van der Waals surface area contributed by atoms with Crippen molar-refractivity contribution in [2.45, 2.75) is 46.1 Å². The van der Waals surface area contributed by atoms with Crippen LogP contribution in [0, 0.1) is 0 Å². The fourth-order valence-corrected chi connectivity index (χ4v) is 3.38. The van der Waals surface area contributed by atoms with E-state index in [0.29, 0.717) is 6.61 Å². The van der Waals surface area contributed by atoms with Crippen molar-refractivity contribution >= 4 is 44.3 Å². The quantitative estimate of drug-likeness (QED) is 0.508. The van der Waals surface area contributed by atoms with Gasteiger partial charge in [-0.2, -0.15) is 0 Å². The summed E-state index contributed by atoms with van der Waals surface area (Å²) >= 11 is 7.09. The zero-order valence-corrected chi connectivity index (χ0v) is 16.2. The summed E-state index contributed by atoms with van der Waals surface area (Å²) in [7, 11) is 0. The maximum absolute atomic E-state index is 5.71. The summed E-state index contributed by atoms with van der Waals surface area (Å²) in [5, 5.41) is 3.49. The molecule has 0 radical (unpaired) electrons. The van der Waals surface area contributed by atoms with Gasteiger partial charge in [-0.05, 0) is 48.0 Å². The van der Waals surface area contributed by atoms with Crippen molar-refractivity contribution in [2.75, 3.05) is 13.2 Å². The summed E-state index contributed by atoms with van der Waals surface area (Å²) in [5.74, 6) is 0.951. The van der Waals surface area contributed by atoms with Gasteiger partial charge >= 0.3 is 0 Å². The molecule has 2 nitrogen and oxygen atoms in total. The van der Waals surface area contributed by atoms with Gasteiger partial charge in [0.05, 0.1) is 11.1 Å². The molecule has 1 rings (SSSR count). The standard InChI is InChI=1S/C15H23Br2NO.ClH/c1-3-5-6-7-8-18-11-12-9-13(16)10-14(17)15(12)19-4-2;/h9-10,18H,3-8,11H2,1-2H3;1H. The molecule has 0 aliphatic rings. The third-order valence-corrected chi connectivity index (χ3v) is 3.94. The monoisotopic (exact) mass is 427 g/mol. The van der Waals surface area contributed by atoms with Gasteiger partial charge in [-0.3, -0.25) is 0 Å². The maximum Gasteiger partial charge on any atom is 0.138 e. The number of nitrogens with one attached hydrogen (secondary N) is 1. The van der Waals surface area contributed by atoms with Gasteiger partial charge in [-0.25, -0.2) is 0 Å². The minimum atomic E-state index is 0. The second-order valence-corrected chi connectivity index (χ2v) is 6.32. The highest BCUT2D eigenvalue weighted by Crippen LogP contribution is 2.32. The number of ether oxygens (including phenoxy) is 1. The molecule has 0 aliphatic heterocycles. The third-order valence-electron chi connectivity index (χ3n) is 2.90. The number of benzene rings is 1. The number of halogens is 3. The average Bonchev–Trinajstić information content (AvgIpc) is 2.37. The molecule has 0 aromatic heterocycles. The Balaban J connectivity index is 0.00000361. The Bertz CT molecular complexity index is 388. The van der Waals surface area contributed by atoms with E-state index >= 15 is 0 Å². The van der Waals surface area contributed by atoms with Crippen LogP contribution in [-0.4, -0.2) is 13.2 Å². The first-order chi connectivity index (χ1) is 9.19. The van der Waals surface area contributed by atoms with E-state index in [-0.39, 0.29) is 12.4 Å². The highest BCUT2D eigenvalue weighted by Gasteiger charge is 2.09. The number of unbranched alkanes of at least 4 members (excludes halogenated alkanes) is 3. The van der Waals surface area contributed by atoms with Gasteiger partial charge in [-0.15, -0.1) is 12.4 Å². The van der Waals surface area contributed by atoms with Gasteiger partial charge in [0.2, 0.25) is 0 Å². The molecule has 0 spiro atoms. The largest absolute Gasteiger partial charge is 0.492 e. The summed E-state index contributed by atoms with van der Waals surface area (Å²) in [5.41, 5.74) is 1.19. The van der Waals surface area contributed by atoms with Crippen LogP contribution in [0.2, 0.25) is 0 Å². The Morgan fingerprint density at radius 2 is 1.85 bits per heavy atom. The van der Waals surface area contributed by atoms with Crippen LogP contribution < -0.4 is 10.1 Å². The Hall–Kier alpha value is 0.230. The van der Waals surface area contributed by atoms with Crippen molar-refractivity contribution < 1.29 is 4.74 Å². The molecule has 0 heterocycles. The fourth-order valence-electron chi connectivity index (χ4n) is 1.95. The van der Waals surface area contributed by atoms with E-state index in [1.807, 2.05) is 13.0 Å². The van der Waals surface area contributed by atoms with Crippen LogP contribution in [0.15, 0.2) is 21.1 Å². The topological polar surface area (TPSA) is 21.3 Å². The minimum absolute atomic E-state index is 0. The lowest BCUT2D eigenvalue weighted by molar-refractivity contribution is 0.333. The first-order valence-electron chi connectivity index (χ1n) is 7.00. The Morgan fingerprint density at radius 1 is 1.10 bits per heavy atom. The lowest BCUT2D eigenvalue weighted by atomic mass is 10.2. The molecular formula is C15H24Br2ClNO. The van der Waals surface area contributed by atoms with Crippen LogP contribution in [0.5, 0.6) is 5.75 Å². The predicted octanol–water partition coefficient (Wildman–Crippen LogP) is 5.70. The van der Waals surface area contributed by atoms with E-state index in [0.717, 1.165) is 27.8 Å². The van der Waals surface area contributed by atoms with E-state index in [4.69, 9.17) is 4.74 Å². The van der Waals surface area contributed by atoms with Crippen LogP contribution in [0.4, 0.5) is 0 Å². The molecule has 0 aliphatic carbocycles. The van der Waals surface area contributed by atoms with Gasteiger partial charge in [0.15, 0.2) is 0 Å². The summed E-state index contributed by atoms with van der Waals surface area (Å²) in [4.78, 5) is 0. The summed E-state index contributed by atoms with van der Waals surface area (Å²) in [6.07, 6.45) is 5.17. The van der Waals surface area contributed by atoms with Crippen LogP contribution in [0.25, 0.3) is 0 Å².